The van der Waals surface area contributed by atoms with Crippen molar-refractivity contribution < 1.29 is 19.1 Å². The quantitative estimate of drug-likeness (QED) is 0.774. The summed E-state index contributed by atoms with van der Waals surface area (Å²) >= 11 is 0. The number of carbonyl (C=O) groups is 2. The minimum Gasteiger partial charge on any atom is -0.453 e. The molecule has 0 amide bonds. The van der Waals surface area contributed by atoms with E-state index in [1.807, 2.05) is 0 Å². The molecule has 0 spiro atoms. The molecule has 8 nitrogen and oxygen atoms in total. The van der Waals surface area contributed by atoms with E-state index in [0.29, 0.717) is 11.4 Å². The monoisotopic (exact) mass is 358 g/mol. The molecule has 2 bridgehead atoms. The summed E-state index contributed by atoms with van der Waals surface area (Å²) in [4.78, 5) is 33.0. The van der Waals surface area contributed by atoms with E-state index in [2.05, 4.69) is 9.97 Å². The molecule has 2 aromatic heterocycles. The van der Waals surface area contributed by atoms with Gasteiger partial charge in [0.25, 0.3) is 0 Å². The van der Waals surface area contributed by atoms with Crippen molar-refractivity contribution in [1.82, 2.24) is 19.1 Å². The van der Waals surface area contributed by atoms with Crippen molar-refractivity contribution in [1.29, 1.82) is 0 Å². The fourth-order valence-corrected chi connectivity index (χ4v) is 4.14. The van der Waals surface area contributed by atoms with Gasteiger partial charge in [0.15, 0.2) is 0 Å². The molecule has 0 radical (unpaired) electrons. The molecule has 138 valence electrons. The molecule has 0 saturated heterocycles. The lowest BCUT2D eigenvalue weighted by Gasteiger charge is -2.46. The van der Waals surface area contributed by atoms with Gasteiger partial charge >= 0.3 is 11.9 Å². The first kappa shape index (κ1) is 16.8. The van der Waals surface area contributed by atoms with E-state index in [-0.39, 0.29) is 11.8 Å². The maximum atomic E-state index is 12.5. The Morgan fingerprint density at radius 3 is 1.54 bits per heavy atom. The molecule has 2 heterocycles. The van der Waals surface area contributed by atoms with Gasteiger partial charge in [0, 0.05) is 14.1 Å². The van der Waals surface area contributed by atoms with Crippen LogP contribution < -0.4 is 0 Å². The molecule has 3 aliphatic rings. The smallest absolute Gasteiger partial charge is 0.357 e. The van der Waals surface area contributed by atoms with E-state index in [9.17, 15) is 9.59 Å². The van der Waals surface area contributed by atoms with Gasteiger partial charge < -0.3 is 18.6 Å². The molecule has 0 aliphatic heterocycles. The molecule has 5 rings (SSSR count). The van der Waals surface area contributed by atoms with Gasteiger partial charge in [-0.3, -0.25) is 0 Å². The van der Waals surface area contributed by atoms with Crippen molar-refractivity contribution in [3.8, 4) is 0 Å². The van der Waals surface area contributed by atoms with Crippen molar-refractivity contribution in [2.45, 2.75) is 37.9 Å². The molecule has 2 aromatic rings. The first-order valence-electron chi connectivity index (χ1n) is 8.89. The highest BCUT2D eigenvalue weighted by atomic mass is 16.6. The van der Waals surface area contributed by atoms with E-state index in [1.54, 1.807) is 35.9 Å². The Labute approximate surface area is 151 Å². The summed E-state index contributed by atoms with van der Waals surface area (Å²) in [5.74, 6) is -0.406. The van der Waals surface area contributed by atoms with E-state index in [4.69, 9.17) is 9.47 Å². The predicted molar refractivity (Wildman–Crippen MR) is 90.3 cm³/mol. The van der Waals surface area contributed by atoms with Crippen LogP contribution >= 0.6 is 0 Å². The Morgan fingerprint density at radius 1 is 0.846 bits per heavy atom. The molecule has 8 heteroatoms. The fraction of sp³-hybridized carbons (Fsp3) is 0.556. The number of fused-ring (bicyclic) bond motifs is 3. The normalized spacial score (nSPS) is 27.3. The van der Waals surface area contributed by atoms with Crippen molar-refractivity contribution in [3.63, 3.8) is 0 Å². The molecule has 2 atom stereocenters. The number of esters is 2. The Hall–Kier alpha value is -2.64. The van der Waals surface area contributed by atoms with Crippen LogP contribution in [-0.2, 0) is 23.6 Å². The van der Waals surface area contributed by atoms with E-state index in [0.717, 1.165) is 25.7 Å². The van der Waals surface area contributed by atoms with E-state index < -0.39 is 24.1 Å². The molecular formula is C18H22N4O4. The van der Waals surface area contributed by atoms with Gasteiger partial charge in [-0.1, -0.05) is 0 Å². The topological polar surface area (TPSA) is 88.2 Å². The van der Waals surface area contributed by atoms with E-state index >= 15 is 0 Å². The molecule has 2 unspecified atom stereocenters. The van der Waals surface area contributed by atoms with Gasteiger partial charge in [0.1, 0.15) is 23.6 Å². The molecule has 3 saturated carbocycles. The lowest BCUT2D eigenvalue weighted by atomic mass is 9.67. The minimum atomic E-state index is -0.427. The second kappa shape index (κ2) is 6.59. The number of aromatic nitrogens is 4. The summed E-state index contributed by atoms with van der Waals surface area (Å²) in [6.07, 6.45) is 9.24. The zero-order valence-electron chi connectivity index (χ0n) is 14.9. The summed E-state index contributed by atoms with van der Waals surface area (Å²) in [5.41, 5.74) is 0.784. The van der Waals surface area contributed by atoms with E-state index in [1.165, 1.54) is 12.4 Å². The lowest BCUT2D eigenvalue weighted by molar-refractivity contribution is -0.122. The highest BCUT2D eigenvalue weighted by Gasteiger charge is 2.48. The zero-order chi connectivity index (χ0) is 18.3. The highest BCUT2D eigenvalue weighted by molar-refractivity contribution is 5.88. The maximum absolute atomic E-state index is 12.5. The number of ether oxygens (including phenoxy) is 2. The molecule has 3 aliphatic carbocycles. The summed E-state index contributed by atoms with van der Waals surface area (Å²) < 4.78 is 14.9. The summed E-state index contributed by atoms with van der Waals surface area (Å²) in [6.45, 7) is 0. The molecular weight excluding hydrogens is 336 g/mol. The van der Waals surface area contributed by atoms with Crippen molar-refractivity contribution in [2.24, 2.45) is 25.9 Å². The SMILES string of the molecule is Cn1cncc1C(=O)OC1C2CCC(CC2)C1OC(=O)c1cncn1C. The summed E-state index contributed by atoms with van der Waals surface area (Å²) in [7, 11) is 3.49. The number of hydrogen-bond acceptors (Lipinski definition) is 6. The third-order valence-corrected chi connectivity index (χ3v) is 5.61. The van der Waals surface area contributed by atoms with Crippen LogP contribution in [0.15, 0.2) is 25.0 Å². The Balaban J connectivity index is 1.53. The van der Waals surface area contributed by atoms with Crippen LogP contribution in [0.2, 0.25) is 0 Å². The highest BCUT2D eigenvalue weighted by Crippen LogP contribution is 2.44. The van der Waals surface area contributed by atoms with Crippen LogP contribution in [-0.4, -0.2) is 43.2 Å². The lowest BCUT2D eigenvalue weighted by Crippen LogP contribution is -2.52. The van der Waals surface area contributed by atoms with Crippen molar-refractivity contribution in [2.75, 3.05) is 0 Å². The number of imidazole rings is 2. The first-order valence-corrected chi connectivity index (χ1v) is 8.89. The average Bonchev–Trinajstić information content (AvgIpc) is 3.26. The van der Waals surface area contributed by atoms with Crippen LogP contribution in [0.25, 0.3) is 0 Å². The van der Waals surface area contributed by atoms with Gasteiger partial charge in [-0.2, -0.15) is 0 Å². The number of rotatable bonds is 4. The Morgan fingerprint density at radius 2 is 1.23 bits per heavy atom. The minimum absolute atomic E-state index is 0.224. The van der Waals surface area contributed by atoms with Crippen molar-refractivity contribution in [3.05, 3.63) is 36.4 Å². The number of aryl methyl sites for hydroxylation is 2. The summed E-state index contributed by atoms with van der Waals surface area (Å²) in [6, 6.07) is 0. The number of hydrogen-bond donors (Lipinski definition) is 0. The third-order valence-electron chi connectivity index (χ3n) is 5.61. The number of carbonyl (C=O) groups excluding carboxylic acids is 2. The zero-order valence-corrected chi connectivity index (χ0v) is 14.9. The van der Waals surface area contributed by atoms with Crippen LogP contribution in [0.4, 0.5) is 0 Å². The standard InChI is InChI=1S/C18H22N4O4/c1-21-9-19-7-13(21)17(23)25-15-11-3-5-12(6-4-11)16(15)26-18(24)14-8-20-10-22(14)2/h7-12,15-16H,3-6H2,1-2H3. The average molecular weight is 358 g/mol. The Bertz CT molecular complexity index is 751. The van der Waals surface area contributed by atoms with Gasteiger partial charge in [-0.15, -0.1) is 0 Å². The first-order chi connectivity index (χ1) is 12.5. The van der Waals surface area contributed by atoms with Crippen LogP contribution in [0, 0.1) is 11.8 Å². The second-order valence-corrected chi connectivity index (χ2v) is 7.19. The molecule has 3 fully saturated rings. The molecule has 0 N–H and O–H groups in total. The van der Waals surface area contributed by atoms with Gasteiger partial charge in [0.05, 0.1) is 25.0 Å². The third kappa shape index (κ3) is 2.89. The second-order valence-electron chi connectivity index (χ2n) is 7.19. The maximum Gasteiger partial charge on any atom is 0.357 e. The van der Waals surface area contributed by atoms with Crippen LogP contribution in [0.1, 0.15) is 46.7 Å². The van der Waals surface area contributed by atoms with Crippen LogP contribution in [0.3, 0.4) is 0 Å². The van der Waals surface area contributed by atoms with Gasteiger partial charge in [0.2, 0.25) is 0 Å². The number of nitrogens with zero attached hydrogens (tertiary/aromatic N) is 4. The Kier molecular flexibility index (Phi) is 4.26. The van der Waals surface area contributed by atoms with Gasteiger partial charge in [-0.25, -0.2) is 19.6 Å². The van der Waals surface area contributed by atoms with Gasteiger partial charge in [-0.05, 0) is 37.5 Å². The molecule has 26 heavy (non-hydrogen) atoms. The predicted octanol–water partition coefficient (Wildman–Crippen LogP) is 1.72. The fourth-order valence-electron chi connectivity index (χ4n) is 4.14. The molecule has 0 aromatic carbocycles. The summed E-state index contributed by atoms with van der Waals surface area (Å²) in [5, 5.41) is 0. The van der Waals surface area contributed by atoms with Crippen LogP contribution in [0.5, 0.6) is 0 Å². The van der Waals surface area contributed by atoms with Crippen molar-refractivity contribution >= 4 is 11.9 Å². The largest absolute Gasteiger partial charge is 0.453 e.